The summed E-state index contributed by atoms with van der Waals surface area (Å²) in [7, 11) is 0. The molecule has 0 unspecified atom stereocenters. The molecule has 0 amide bonds. The number of halogens is 2. The van der Waals surface area contributed by atoms with Gasteiger partial charge in [0.1, 0.15) is 17.3 Å². The van der Waals surface area contributed by atoms with Gasteiger partial charge >= 0.3 is 0 Å². The predicted octanol–water partition coefficient (Wildman–Crippen LogP) is 3.72. The number of anilines is 1. The summed E-state index contributed by atoms with van der Waals surface area (Å²) in [6, 6.07) is 2.43. The van der Waals surface area contributed by atoms with E-state index in [9.17, 15) is 9.18 Å². The van der Waals surface area contributed by atoms with Gasteiger partial charge in [0, 0.05) is 18.7 Å². The number of nitrogen functional groups attached to an aromatic ring is 1. The molecule has 0 aliphatic rings. The van der Waals surface area contributed by atoms with Crippen LogP contribution in [0.3, 0.4) is 0 Å². The van der Waals surface area contributed by atoms with Gasteiger partial charge in [-0.25, -0.2) is 14.4 Å². The van der Waals surface area contributed by atoms with Gasteiger partial charge in [-0.3, -0.25) is 4.79 Å². The zero-order valence-corrected chi connectivity index (χ0v) is 12.1. The maximum atomic E-state index is 14.5. The third kappa shape index (κ3) is 3.01. The van der Waals surface area contributed by atoms with E-state index in [0.29, 0.717) is 6.42 Å². The molecule has 0 saturated heterocycles. The second kappa shape index (κ2) is 6.15. The van der Waals surface area contributed by atoms with Crippen LogP contribution in [-0.2, 0) is 0 Å². The molecule has 0 aliphatic carbocycles. The number of hydrogen-bond acceptors (Lipinski definition) is 5. The summed E-state index contributed by atoms with van der Waals surface area (Å²) in [5.41, 5.74) is 11.2. The molecule has 0 fully saturated rings. The lowest BCUT2D eigenvalue weighted by Crippen LogP contribution is -2.15. The zero-order chi connectivity index (χ0) is 15.6. The van der Waals surface area contributed by atoms with Gasteiger partial charge in [0.2, 0.25) is 5.78 Å². The Morgan fingerprint density at radius 2 is 2.14 bits per heavy atom. The molecule has 0 spiro atoms. The van der Waals surface area contributed by atoms with Gasteiger partial charge in [-0.1, -0.05) is 24.6 Å². The van der Waals surface area contributed by atoms with Crippen LogP contribution in [-0.4, -0.2) is 15.8 Å². The number of hydrogen-bond donors (Lipinski definition) is 2. The molecule has 0 radical (unpaired) electrons. The first kappa shape index (κ1) is 15.3. The lowest BCUT2D eigenvalue weighted by Gasteiger charge is -2.14. The lowest BCUT2D eigenvalue weighted by atomic mass is 9.98. The zero-order valence-electron chi connectivity index (χ0n) is 11.3. The maximum Gasteiger partial charge on any atom is 0.217 e. The number of rotatable bonds is 4. The van der Waals surface area contributed by atoms with Crippen molar-refractivity contribution in [1.82, 2.24) is 9.97 Å². The molecule has 1 aromatic heterocycles. The van der Waals surface area contributed by atoms with E-state index in [2.05, 4.69) is 9.97 Å². The summed E-state index contributed by atoms with van der Waals surface area (Å²) < 4.78 is 14.5. The molecule has 21 heavy (non-hydrogen) atoms. The monoisotopic (exact) mass is 318 g/mol. The van der Waals surface area contributed by atoms with E-state index < -0.39 is 17.6 Å². The summed E-state index contributed by atoms with van der Waals surface area (Å²) in [6.07, 6.45) is 2.94. The Morgan fingerprint density at radius 3 is 2.71 bits per heavy atom. The van der Waals surface area contributed by atoms with Crippen molar-refractivity contribution in [3.63, 3.8) is 0 Å². The summed E-state index contributed by atoms with van der Waals surface area (Å²) in [6.45, 7) is 1.83. The highest BCUT2D eigenvalue weighted by Gasteiger charge is 2.23. The summed E-state index contributed by atoms with van der Waals surface area (Å²) in [5.74, 6) is -1.21. The molecule has 2 rings (SSSR count). The fourth-order valence-electron chi connectivity index (χ4n) is 1.87. The van der Waals surface area contributed by atoms with E-state index in [1.54, 1.807) is 0 Å². The number of carbonyl (C=O) groups excluding carboxylic acids is 1. The molecule has 4 N–H and O–H groups in total. The molecule has 1 atom stereocenters. The van der Waals surface area contributed by atoms with Gasteiger partial charge in [-0.15, -0.1) is 0 Å². The molecule has 0 bridgehead atoms. The third-order valence-corrected chi connectivity index (χ3v) is 3.41. The smallest absolute Gasteiger partial charge is 0.217 e. The van der Waals surface area contributed by atoms with Crippen molar-refractivity contribution in [2.45, 2.75) is 19.4 Å². The second-order valence-electron chi connectivity index (χ2n) is 4.50. The molecule has 7 heteroatoms. The molecule has 1 heterocycles. The number of ketones is 1. The minimum atomic E-state index is -0.722. The average Bonchev–Trinajstić information content (AvgIpc) is 2.47. The fraction of sp³-hybridized carbons (Fsp3) is 0.214. The van der Waals surface area contributed by atoms with Crippen molar-refractivity contribution >= 4 is 23.2 Å². The minimum absolute atomic E-state index is 0. The Bertz CT molecular complexity index is 694. The van der Waals surface area contributed by atoms with E-state index >= 15 is 0 Å². The third-order valence-electron chi connectivity index (χ3n) is 3.09. The van der Waals surface area contributed by atoms with E-state index in [4.69, 9.17) is 23.1 Å². The van der Waals surface area contributed by atoms with Crippen molar-refractivity contribution in [2.75, 3.05) is 5.73 Å². The normalized spacial score (nSPS) is 12.2. The SMILES string of the molecule is CC[C@@H](N)c1ccc(Cl)c(C(=O)c2cnc(N)cn2)c1F.[HH].[HH].[HH].[HH].[HH]. The van der Waals surface area contributed by atoms with Crippen molar-refractivity contribution in [1.29, 1.82) is 0 Å². The topological polar surface area (TPSA) is 94.9 Å². The maximum absolute atomic E-state index is 14.5. The highest BCUT2D eigenvalue weighted by atomic mass is 35.5. The van der Waals surface area contributed by atoms with Gasteiger partial charge in [0.15, 0.2) is 0 Å². The Kier molecular flexibility index (Phi) is 4.50. The van der Waals surface area contributed by atoms with Gasteiger partial charge < -0.3 is 11.5 Å². The van der Waals surface area contributed by atoms with Crippen LogP contribution in [0.1, 0.15) is 48.1 Å². The first-order valence-corrected chi connectivity index (χ1v) is 6.69. The molecular weight excluding hydrogens is 295 g/mol. The Balaban J connectivity index is -0.000000484. The Hall–Kier alpha value is -2.05. The van der Waals surface area contributed by atoms with Crippen LogP contribution in [0.4, 0.5) is 10.2 Å². The molecule has 2 aromatic rings. The number of nitrogens with zero attached hydrogens (tertiary/aromatic N) is 2. The van der Waals surface area contributed by atoms with E-state index in [0.717, 1.165) is 0 Å². The number of carbonyl (C=O) groups is 1. The van der Waals surface area contributed by atoms with Crippen LogP contribution in [0.5, 0.6) is 0 Å². The highest BCUT2D eigenvalue weighted by Crippen LogP contribution is 2.28. The van der Waals surface area contributed by atoms with Crippen LogP contribution in [0.2, 0.25) is 5.02 Å². The standard InChI is InChI=1S/C14H14ClFN4O.5H2/c1-2-9(17)7-3-4-8(15)12(13(7)16)14(21)10-5-20-11(18)6-19-10;;;;;/h3-6,9H,2,17H2,1H3,(H2,18,20);5*1H/t9-;;;;;/m1...../s1. The van der Waals surface area contributed by atoms with Crippen LogP contribution in [0.15, 0.2) is 24.5 Å². The average molecular weight is 319 g/mol. The quantitative estimate of drug-likeness (QED) is 0.838. The van der Waals surface area contributed by atoms with Gasteiger partial charge in [0.05, 0.1) is 23.0 Å². The molecule has 5 nitrogen and oxygen atoms in total. The Morgan fingerprint density at radius 1 is 1.43 bits per heavy atom. The minimum Gasteiger partial charge on any atom is -0.382 e. The molecular formula is C14H24ClFN4O. The second-order valence-corrected chi connectivity index (χ2v) is 4.90. The molecule has 120 valence electrons. The van der Waals surface area contributed by atoms with E-state index in [1.165, 1.54) is 24.5 Å². The van der Waals surface area contributed by atoms with Crippen LogP contribution in [0.25, 0.3) is 0 Å². The summed E-state index contributed by atoms with van der Waals surface area (Å²) in [5, 5.41) is 0.00294. The van der Waals surface area contributed by atoms with E-state index in [-0.39, 0.29) is 34.8 Å². The van der Waals surface area contributed by atoms with E-state index in [1.807, 2.05) is 6.92 Å². The summed E-state index contributed by atoms with van der Waals surface area (Å²) >= 11 is 5.95. The highest BCUT2D eigenvalue weighted by molar-refractivity contribution is 6.34. The van der Waals surface area contributed by atoms with Crippen LogP contribution in [0, 0.1) is 5.82 Å². The molecule has 1 aromatic carbocycles. The molecule has 0 saturated carbocycles. The number of nitrogens with two attached hydrogens (primary N) is 2. The van der Waals surface area contributed by atoms with Crippen molar-refractivity contribution in [3.05, 3.63) is 52.2 Å². The first-order chi connectivity index (χ1) is 9.95. The van der Waals surface area contributed by atoms with Crippen molar-refractivity contribution in [3.8, 4) is 0 Å². The lowest BCUT2D eigenvalue weighted by molar-refractivity contribution is 0.103. The first-order valence-electron chi connectivity index (χ1n) is 6.31. The van der Waals surface area contributed by atoms with Crippen LogP contribution >= 0.6 is 11.6 Å². The largest absolute Gasteiger partial charge is 0.382 e. The van der Waals surface area contributed by atoms with Gasteiger partial charge in [-0.2, -0.15) is 0 Å². The number of aromatic nitrogens is 2. The van der Waals surface area contributed by atoms with Gasteiger partial charge in [-0.05, 0) is 12.5 Å². The van der Waals surface area contributed by atoms with Crippen molar-refractivity contribution < 1.29 is 16.3 Å². The summed E-state index contributed by atoms with van der Waals surface area (Å²) in [4.78, 5) is 20.0. The fourth-order valence-corrected chi connectivity index (χ4v) is 2.10. The van der Waals surface area contributed by atoms with Crippen molar-refractivity contribution in [2.24, 2.45) is 5.73 Å². The van der Waals surface area contributed by atoms with Crippen LogP contribution < -0.4 is 11.5 Å². The number of benzene rings is 1. The predicted molar refractivity (Wildman–Crippen MR) is 89.1 cm³/mol. The molecule has 0 aliphatic heterocycles. The van der Waals surface area contributed by atoms with Gasteiger partial charge in [0.25, 0.3) is 0 Å². The Labute approximate surface area is 133 Å².